The van der Waals surface area contributed by atoms with Crippen molar-refractivity contribution < 1.29 is 0 Å². The number of anilines is 2. The number of para-hydroxylation sites is 2. The van der Waals surface area contributed by atoms with Crippen LogP contribution in [0.2, 0.25) is 5.02 Å². The normalized spacial score (nSPS) is 11.3. The number of hydrogen-bond acceptors (Lipinski definition) is 5. The molecular formula is C19H14ClN7. The minimum absolute atomic E-state index is 0.523. The third kappa shape index (κ3) is 2.98. The average Bonchev–Trinajstić information content (AvgIpc) is 3.27. The number of hydrogen-bond donors (Lipinski definition) is 1. The molecule has 1 N–H and O–H groups in total. The molecular weight excluding hydrogens is 362 g/mol. The first kappa shape index (κ1) is 15.8. The van der Waals surface area contributed by atoms with Gasteiger partial charge in [-0.2, -0.15) is 4.52 Å². The van der Waals surface area contributed by atoms with Gasteiger partial charge in [0, 0.05) is 10.7 Å². The second-order valence-corrected chi connectivity index (χ2v) is 6.54. The van der Waals surface area contributed by atoms with Crippen molar-refractivity contribution in [2.24, 2.45) is 0 Å². The van der Waals surface area contributed by atoms with E-state index in [2.05, 4.69) is 25.6 Å². The van der Waals surface area contributed by atoms with Crippen LogP contribution in [0, 0.1) is 0 Å². The number of fused-ring (bicyclic) bond motifs is 2. The van der Waals surface area contributed by atoms with Crippen LogP contribution in [0.25, 0.3) is 16.7 Å². The van der Waals surface area contributed by atoms with Crippen molar-refractivity contribution in [3.05, 3.63) is 77.8 Å². The predicted octanol–water partition coefficient (Wildman–Crippen LogP) is 3.92. The van der Waals surface area contributed by atoms with Gasteiger partial charge in [0.1, 0.15) is 0 Å². The number of nitrogens with one attached hydrogen (secondary N) is 1. The molecule has 0 saturated carbocycles. The van der Waals surface area contributed by atoms with E-state index in [-0.39, 0.29) is 0 Å². The van der Waals surface area contributed by atoms with Crippen LogP contribution < -0.4 is 5.32 Å². The van der Waals surface area contributed by atoms with E-state index in [1.165, 1.54) is 0 Å². The van der Waals surface area contributed by atoms with E-state index in [0.717, 1.165) is 22.5 Å². The summed E-state index contributed by atoms with van der Waals surface area (Å²) in [5.41, 5.74) is 3.54. The summed E-state index contributed by atoms with van der Waals surface area (Å²) in [5, 5.41) is 17.0. The summed E-state index contributed by atoms with van der Waals surface area (Å²) in [6.45, 7) is 0.523. The largest absolute Gasteiger partial charge is 0.339 e. The van der Waals surface area contributed by atoms with Gasteiger partial charge in [-0.3, -0.25) is 0 Å². The maximum Gasteiger partial charge on any atom is 0.178 e. The van der Waals surface area contributed by atoms with Crippen LogP contribution in [-0.4, -0.2) is 29.4 Å². The molecule has 0 aliphatic carbocycles. The molecule has 0 atom stereocenters. The van der Waals surface area contributed by atoms with Gasteiger partial charge in [0.25, 0.3) is 0 Å². The highest BCUT2D eigenvalue weighted by Crippen LogP contribution is 2.19. The Kier molecular flexibility index (Phi) is 3.72. The van der Waals surface area contributed by atoms with E-state index in [9.17, 15) is 0 Å². The second kappa shape index (κ2) is 6.37. The molecule has 8 heteroatoms. The van der Waals surface area contributed by atoms with Crippen molar-refractivity contribution in [1.29, 1.82) is 0 Å². The van der Waals surface area contributed by atoms with Crippen molar-refractivity contribution in [2.75, 3.05) is 5.32 Å². The monoisotopic (exact) mass is 375 g/mol. The Morgan fingerprint density at radius 1 is 0.963 bits per heavy atom. The molecule has 0 radical (unpaired) electrons. The van der Waals surface area contributed by atoms with Crippen molar-refractivity contribution in [2.45, 2.75) is 6.54 Å². The van der Waals surface area contributed by atoms with E-state index in [1.807, 2.05) is 65.2 Å². The van der Waals surface area contributed by atoms with Gasteiger partial charge in [0.15, 0.2) is 17.3 Å². The van der Waals surface area contributed by atoms with Gasteiger partial charge < -0.3 is 9.88 Å². The molecule has 0 saturated heterocycles. The van der Waals surface area contributed by atoms with Crippen LogP contribution in [0.5, 0.6) is 0 Å². The first-order valence-electron chi connectivity index (χ1n) is 8.40. The van der Waals surface area contributed by atoms with Gasteiger partial charge in [-0.25, -0.2) is 4.98 Å². The van der Waals surface area contributed by atoms with Crippen LogP contribution in [0.1, 0.15) is 5.82 Å². The van der Waals surface area contributed by atoms with Crippen molar-refractivity contribution in [3.63, 3.8) is 0 Å². The van der Waals surface area contributed by atoms with Crippen LogP contribution >= 0.6 is 11.6 Å². The fraction of sp³-hybridized carbons (Fsp3) is 0.0526. The zero-order valence-corrected chi connectivity index (χ0v) is 14.9. The van der Waals surface area contributed by atoms with E-state index < -0.39 is 0 Å². The molecule has 0 amide bonds. The summed E-state index contributed by atoms with van der Waals surface area (Å²) < 4.78 is 3.77. The molecule has 0 aliphatic rings. The minimum atomic E-state index is 0.523. The zero-order valence-electron chi connectivity index (χ0n) is 14.1. The number of nitrogens with zero attached hydrogens (tertiary/aromatic N) is 6. The van der Waals surface area contributed by atoms with Crippen LogP contribution in [0.4, 0.5) is 11.5 Å². The molecule has 7 nitrogen and oxygen atoms in total. The quantitative estimate of drug-likeness (QED) is 0.515. The lowest BCUT2D eigenvalue weighted by Gasteiger charge is -2.07. The lowest BCUT2D eigenvalue weighted by atomic mass is 10.3. The number of benzene rings is 2. The first-order valence-corrected chi connectivity index (χ1v) is 8.78. The Morgan fingerprint density at radius 3 is 2.81 bits per heavy atom. The fourth-order valence-corrected chi connectivity index (χ4v) is 3.19. The van der Waals surface area contributed by atoms with Gasteiger partial charge in [-0.05, 0) is 42.5 Å². The first-order chi connectivity index (χ1) is 13.3. The Morgan fingerprint density at radius 2 is 1.89 bits per heavy atom. The Hall–Kier alpha value is -3.45. The molecule has 0 spiro atoms. The summed E-state index contributed by atoms with van der Waals surface area (Å²) >= 11 is 6.05. The average molecular weight is 376 g/mol. The Balaban J connectivity index is 1.50. The van der Waals surface area contributed by atoms with Gasteiger partial charge in [0.05, 0.1) is 23.9 Å². The van der Waals surface area contributed by atoms with E-state index in [0.29, 0.717) is 23.0 Å². The summed E-state index contributed by atoms with van der Waals surface area (Å²) in [6, 6.07) is 19.2. The van der Waals surface area contributed by atoms with Crippen LogP contribution in [0.3, 0.4) is 0 Å². The molecule has 0 bridgehead atoms. The van der Waals surface area contributed by atoms with Crippen molar-refractivity contribution >= 4 is 39.8 Å². The molecule has 5 aromatic rings. The molecule has 5 rings (SSSR count). The molecule has 132 valence electrons. The summed E-state index contributed by atoms with van der Waals surface area (Å²) in [5.74, 6) is 1.41. The van der Waals surface area contributed by atoms with Crippen molar-refractivity contribution in [1.82, 2.24) is 29.4 Å². The van der Waals surface area contributed by atoms with Gasteiger partial charge in [0.2, 0.25) is 0 Å². The highest BCUT2D eigenvalue weighted by atomic mass is 35.5. The summed E-state index contributed by atoms with van der Waals surface area (Å²) in [4.78, 5) is 4.42. The van der Waals surface area contributed by atoms with Gasteiger partial charge >= 0.3 is 0 Å². The summed E-state index contributed by atoms with van der Waals surface area (Å²) in [6.07, 6.45) is 1.81. The van der Waals surface area contributed by atoms with E-state index in [1.54, 1.807) is 10.8 Å². The number of aromatic nitrogens is 6. The maximum atomic E-state index is 6.05. The third-order valence-corrected chi connectivity index (χ3v) is 4.50. The SMILES string of the molecule is Clc1cccc(Nc2ccc3nnc(Cn4cnc5ccccc54)n3n2)c1. The fourth-order valence-electron chi connectivity index (χ4n) is 3.00. The topological polar surface area (TPSA) is 72.9 Å². The standard InChI is InChI=1S/C19H14ClN7/c20-13-4-3-5-14(10-13)22-17-8-9-18-23-24-19(27(18)25-17)11-26-12-21-15-6-1-2-7-16(15)26/h1-10,12H,11H2,(H,22,25). The molecule has 0 unspecified atom stereocenters. The van der Waals surface area contributed by atoms with Crippen LogP contribution in [0.15, 0.2) is 67.0 Å². The predicted molar refractivity (Wildman–Crippen MR) is 104 cm³/mol. The lowest BCUT2D eigenvalue weighted by Crippen LogP contribution is -2.06. The van der Waals surface area contributed by atoms with Gasteiger partial charge in [-0.15, -0.1) is 15.3 Å². The Bertz CT molecular complexity index is 1260. The molecule has 3 heterocycles. The molecule has 0 aliphatic heterocycles. The summed E-state index contributed by atoms with van der Waals surface area (Å²) in [7, 11) is 0. The van der Waals surface area contributed by atoms with E-state index >= 15 is 0 Å². The smallest absolute Gasteiger partial charge is 0.178 e. The highest BCUT2D eigenvalue weighted by molar-refractivity contribution is 6.30. The second-order valence-electron chi connectivity index (χ2n) is 6.10. The number of halogens is 1. The third-order valence-electron chi connectivity index (χ3n) is 4.26. The van der Waals surface area contributed by atoms with Crippen LogP contribution in [-0.2, 0) is 6.54 Å². The number of rotatable bonds is 4. The molecule has 2 aromatic carbocycles. The maximum absolute atomic E-state index is 6.05. The number of imidazole rings is 1. The molecule has 3 aromatic heterocycles. The van der Waals surface area contributed by atoms with E-state index in [4.69, 9.17) is 11.6 Å². The Labute approximate surface area is 159 Å². The molecule has 0 fully saturated rings. The minimum Gasteiger partial charge on any atom is -0.339 e. The van der Waals surface area contributed by atoms with Gasteiger partial charge in [-0.1, -0.05) is 29.8 Å². The lowest BCUT2D eigenvalue weighted by molar-refractivity contribution is 0.723. The molecule has 27 heavy (non-hydrogen) atoms. The van der Waals surface area contributed by atoms with Crippen molar-refractivity contribution in [3.8, 4) is 0 Å². The zero-order chi connectivity index (χ0) is 18.2. The highest BCUT2D eigenvalue weighted by Gasteiger charge is 2.10.